The quantitative estimate of drug-likeness (QED) is 0.614. The lowest BCUT2D eigenvalue weighted by atomic mass is 9.69. The number of hydrogen-bond acceptors (Lipinski definition) is 2. The Morgan fingerprint density at radius 3 is 2.69 bits per heavy atom. The van der Waals surface area contributed by atoms with Crippen LogP contribution in [-0.4, -0.2) is 11.6 Å². The number of Topliss-reactive ketones (excluding diaryl/α,β-unsaturated/α-hetero) is 2. The molecule has 0 amide bonds. The average molecular weight is 182 g/mol. The SMILES string of the molecule is CCC(=O)C1CCCC(C)(C)C1=O. The summed E-state index contributed by atoms with van der Waals surface area (Å²) in [5.41, 5.74) is -0.270. The summed E-state index contributed by atoms with van der Waals surface area (Å²) in [7, 11) is 0. The molecule has 0 spiro atoms. The normalized spacial score (nSPS) is 27.3. The van der Waals surface area contributed by atoms with E-state index in [2.05, 4.69) is 0 Å². The van der Waals surface area contributed by atoms with E-state index in [-0.39, 0.29) is 22.9 Å². The minimum atomic E-state index is -0.297. The molecule has 1 rings (SSSR count). The van der Waals surface area contributed by atoms with Gasteiger partial charge in [-0.3, -0.25) is 9.59 Å². The van der Waals surface area contributed by atoms with Crippen molar-refractivity contribution in [3.8, 4) is 0 Å². The maximum absolute atomic E-state index is 11.8. The molecule has 1 saturated carbocycles. The van der Waals surface area contributed by atoms with Crippen LogP contribution in [0.25, 0.3) is 0 Å². The monoisotopic (exact) mass is 182 g/mol. The van der Waals surface area contributed by atoms with Gasteiger partial charge in [0.2, 0.25) is 0 Å². The summed E-state index contributed by atoms with van der Waals surface area (Å²) in [6.07, 6.45) is 3.20. The molecule has 0 aromatic rings. The molecule has 1 aliphatic carbocycles. The second kappa shape index (κ2) is 3.60. The highest BCUT2D eigenvalue weighted by Gasteiger charge is 2.39. The van der Waals surface area contributed by atoms with Crippen LogP contribution >= 0.6 is 0 Å². The largest absolute Gasteiger partial charge is 0.299 e. The van der Waals surface area contributed by atoms with Crippen molar-refractivity contribution in [3.63, 3.8) is 0 Å². The number of carbonyl (C=O) groups excluding carboxylic acids is 2. The Morgan fingerprint density at radius 2 is 2.15 bits per heavy atom. The van der Waals surface area contributed by atoms with Crippen LogP contribution in [0.5, 0.6) is 0 Å². The Morgan fingerprint density at radius 1 is 1.54 bits per heavy atom. The van der Waals surface area contributed by atoms with Gasteiger partial charge in [0.25, 0.3) is 0 Å². The van der Waals surface area contributed by atoms with Crippen LogP contribution in [0.4, 0.5) is 0 Å². The molecular formula is C11H18O2. The fourth-order valence-electron chi connectivity index (χ4n) is 2.03. The van der Waals surface area contributed by atoms with E-state index < -0.39 is 0 Å². The smallest absolute Gasteiger partial charge is 0.148 e. The van der Waals surface area contributed by atoms with Crippen molar-refractivity contribution in [1.82, 2.24) is 0 Å². The third-order valence-electron chi connectivity index (χ3n) is 3.02. The van der Waals surface area contributed by atoms with E-state index in [1.54, 1.807) is 0 Å². The zero-order valence-electron chi connectivity index (χ0n) is 8.72. The van der Waals surface area contributed by atoms with E-state index >= 15 is 0 Å². The number of rotatable bonds is 2. The number of ketones is 2. The van der Waals surface area contributed by atoms with Crippen molar-refractivity contribution in [2.75, 3.05) is 0 Å². The number of carbonyl (C=O) groups is 2. The molecule has 0 aliphatic heterocycles. The topological polar surface area (TPSA) is 34.1 Å². The van der Waals surface area contributed by atoms with Crippen LogP contribution in [0.1, 0.15) is 46.5 Å². The van der Waals surface area contributed by atoms with E-state index in [4.69, 9.17) is 0 Å². The molecule has 0 aromatic carbocycles. The maximum Gasteiger partial charge on any atom is 0.148 e. The Kier molecular flexibility index (Phi) is 2.89. The molecule has 1 atom stereocenters. The summed E-state index contributed by atoms with van der Waals surface area (Å²) in [6.45, 7) is 5.73. The van der Waals surface area contributed by atoms with Crippen molar-refractivity contribution in [1.29, 1.82) is 0 Å². The first-order valence-electron chi connectivity index (χ1n) is 5.06. The fourth-order valence-corrected chi connectivity index (χ4v) is 2.03. The molecule has 2 heteroatoms. The van der Waals surface area contributed by atoms with Crippen molar-refractivity contribution in [3.05, 3.63) is 0 Å². The molecule has 13 heavy (non-hydrogen) atoms. The van der Waals surface area contributed by atoms with Gasteiger partial charge in [0.1, 0.15) is 11.6 Å². The minimum absolute atomic E-state index is 0.123. The van der Waals surface area contributed by atoms with Gasteiger partial charge >= 0.3 is 0 Å². The Labute approximate surface area is 79.7 Å². The second-order valence-electron chi connectivity index (χ2n) is 4.51. The van der Waals surface area contributed by atoms with Gasteiger partial charge in [0, 0.05) is 11.8 Å². The van der Waals surface area contributed by atoms with E-state index in [1.807, 2.05) is 20.8 Å². The molecule has 1 aliphatic rings. The lowest BCUT2D eigenvalue weighted by Gasteiger charge is -2.32. The first kappa shape index (κ1) is 10.4. The van der Waals surface area contributed by atoms with Crippen molar-refractivity contribution >= 4 is 11.6 Å². The molecule has 0 heterocycles. The van der Waals surface area contributed by atoms with Gasteiger partial charge in [-0.05, 0) is 12.8 Å². The van der Waals surface area contributed by atoms with Gasteiger partial charge in [-0.25, -0.2) is 0 Å². The van der Waals surface area contributed by atoms with Gasteiger partial charge in [-0.2, -0.15) is 0 Å². The first-order chi connectivity index (χ1) is 5.99. The third kappa shape index (κ3) is 1.98. The maximum atomic E-state index is 11.8. The zero-order chi connectivity index (χ0) is 10.1. The lowest BCUT2D eigenvalue weighted by Crippen LogP contribution is -2.38. The Hall–Kier alpha value is -0.660. The molecule has 2 nitrogen and oxygen atoms in total. The summed E-state index contributed by atoms with van der Waals surface area (Å²) >= 11 is 0. The van der Waals surface area contributed by atoms with Gasteiger partial charge in [-0.15, -0.1) is 0 Å². The zero-order valence-corrected chi connectivity index (χ0v) is 8.72. The predicted molar refractivity (Wildman–Crippen MR) is 51.4 cm³/mol. The first-order valence-corrected chi connectivity index (χ1v) is 5.06. The highest BCUT2D eigenvalue weighted by molar-refractivity contribution is 6.04. The molecule has 0 aromatic heterocycles. The summed E-state index contributed by atoms with van der Waals surface area (Å²) in [5.74, 6) is -0.0166. The standard InChI is InChI=1S/C11H18O2/c1-4-9(12)8-6-5-7-11(2,3)10(8)13/h8H,4-7H2,1-3H3. The third-order valence-corrected chi connectivity index (χ3v) is 3.02. The molecule has 0 N–H and O–H groups in total. The second-order valence-corrected chi connectivity index (χ2v) is 4.51. The highest BCUT2D eigenvalue weighted by Crippen LogP contribution is 2.35. The van der Waals surface area contributed by atoms with Crippen LogP contribution in [0.3, 0.4) is 0 Å². The lowest BCUT2D eigenvalue weighted by molar-refractivity contribution is -0.141. The summed E-state index contributed by atoms with van der Waals surface area (Å²) in [4.78, 5) is 23.3. The van der Waals surface area contributed by atoms with Gasteiger partial charge in [0.15, 0.2) is 0 Å². The highest BCUT2D eigenvalue weighted by atomic mass is 16.2. The van der Waals surface area contributed by atoms with E-state index in [1.165, 1.54) is 0 Å². The van der Waals surface area contributed by atoms with Gasteiger partial charge < -0.3 is 0 Å². The molecule has 0 saturated heterocycles. The van der Waals surface area contributed by atoms with Crippen molar-refractivity contribution < 1.29 is 9.59 Å². The molecule has 1 unspecified atom stereocenters. The van der Waals surface area contributed by atoms with Gasteiger partial charge in [0.05, 0.1) is 5.92 Å². The molecule has 1 fully saturated rings. The van der Waals surface area contributed by atoms with Crippen LogP contribution in [-0.2, 0) is 9.59 Å². The van der Waals surface area contributed by atoms with E-state index in [0.717, 1.165) is 19.3 Å². The molecule has 0 radical (unpaired) electrons. The van der Waals surface area contributed by atoms with E-state index in [0.29, 0.717) is 6.42 Å². The Bertz CT molecular complexity index is 228. The van der Waals surface area contributed by atoms with Gasteiger partial charge in [-0.1, -0.05) is 27.2 Å². The van der Waals surface area contributed by atoms with Crippen molar-refractivity contribution in [2.45, 2.75) is 46.5 Å². The van der Waals surface area contributed by atoms with Crippen LogP contribution in [0, 0.1) is 11.3 Å². The number of hydrogen-bond donors (Lipinski definition) is 0. The van der Waals surface area contributed by atoms with E-state index in [9.17, 15) is 9.59 Å². The summed E-state index contributed by atoms with van der Waals surface area (Å²) in [5, 5.41) is 0. The van der Waals surface area contributed by atoms with Crippen LogP contribution in [0.15, 0.2) is 0 Å². The predicted octanol–water partition coefficient (Wildman–Crippen LogP) is 2.36. The molecule has 74 valence electrons. The van der Waals surface area contributed by atoms with Crippen LogP contribution in [0.2, 0.25) is 0 Å². The molecule has 0 bridgehead atoms. The minimum Gasteiger partial charge on any atom is -0.299 e. The fraction of sp³-hybridized carbons (Fsp3) is 0.818. The Balaban J connectivity index is 2.77. The average Bonchev–Trinajstić information content (AvgIpc) is 2.08. The van der Waals surface area contributed by atoms with Crippen molar-refractivity contribution in [2.24, 2.45) is 11.3 Å². The summed E-state index contributed by atoms with van der Waals surface area (Å²) in [6, 6.07) is 0. The summed E-state index contributed by atoms with van der Waals surface area (Å²) < 4.78 is 0. The molecular weight excluding hydrogens is 164 g/mol. The van der Waals surface area contributed by atoms with Crippen LogP contribution < -0.4 is 0 Å².